The molecule has 18 heavy (non-hydrogen) atoms. The van der Waals surface area contributed by atoms with Crippen molar-refractivity contribution in [3.63, 3.8) is 0 Å². The van der Waals surface area contributed by atoms with Crippen LogP contribution in [0.15, 0.2) is 0 Å². The molecule has 0 aromatic carbocycles. The lowest BCUT2D eigenvalue weighted by atomic mass is 10.1. The van der Waals surface area contributed by atoms with E-state index < -0.39 is 12.0 Å². The standard InChI is InChI=1S/C13H22N2O3/c1-2-9-5-6-15(8-9)13(18)14-11(12(16)17)7-10-3-4-10/h9-11H,2-8H2,1H3,(H,14,18)(H,16,17)/t9?,11-/m0/s1. The second-order valence-corrected chi connectivity index (χ2v) is 5.53. The van der Waals surface area contributed by atoms with Crippen LogP contribution in [-0.2, 0) is 4.79 Å². The van der Waals surface area contributed by atoms with Gasteiger partial charge in [0.15, 0.2) is 0 Å². The van der Waals surface area contributed by atoms with E-state index in [9.17, 15) is 9.59 Å². The van der Waals surface area contributed by atoms with Crippen molar-refractivity contribution in [3.8, 4) is 0 Å². The van der Waals surface area contributed by atoms with Crippen LogP contribution in [0.25, 0.3) is 0 Å². The first-order chi connectivity index (χ1) is 8.60. The fourth-order valence-corrected chi connectivity index (χ4v) is 2.50. The summed E-state index contributed by atoms with van der Waals surface area (Å²) >= 11 is 0. The minimum atomic E-state index is -0.915. The number of urea groups is 1. The number of carboxylic acids is 1. The molecule has 2 fully saturated rings. The van der Waals surface area contributed by atoms with Crippen LogP contribution in [0.2, 0.25) is 0 Å². The lowest BCUT2D eigenvalue weighted by molar-refractivity contribution is -0.139. The summed E-state index contributed by atoms with van der Waals surface area (Å²) in [4.78, 5) is 24.8. The largest absolute Gasteiger partial charge is 0.480 e. The van der Waals surface area contributed by atoms with E-state index in [0.717, 1.165) is 38.8 Å². The Morgan fingerprint density at radius 2 is 2.06 bits per heavy atom. The van der Waals surface area contributed by atoms with Crippen molar-refractivity contribution in [2.75, 3.05) is 13.1 Å². The zero-order valence-corrected chi connectivity index (χ0v) is 10.9. The summed E-state index contributed by atoms with van der Waals surface area (Å²) in [5, 5.41) is 11.8. The molecular weight excluding hydrogens is 232 g/mol. The SMILES string of the molecule is CCC1CCN(C(=O)N[C@@H](CC2CC2)C(=O)O)C1. The molecule has 2 atom stereocenters. The van der Waals surface area contributed by atoms with E-state index in [1.165, 1.54) is 0 Å². The molecule has 0 radical (unpaired) electrons. The molecule has 1 aliphatic carbocycles. The smallest absolute Gasteiger partial charge is 0.326 e. The minimum Gasteiger partial charge on any atom is -0.480 e. The van der Waals surface area contributed by atoms with Gasteiger partial charge in [-0.3, -0.25) is 0 Å². The van der Waals surface area contributed by atoms with E-state index in [1.807, 2.05) is 0 Å². The van der Waals surface area contributed by atoms with Gasteiger partial charge in [0.25, 0.3) is 0 Å². The Kier molecular flexibility index (Phi) is 4.09. The highest BCUT2D eigenvalue weighted by Gasteiger charge is 2.32. The van der Waals surface area contributed by atoms with Gasteiger partial charge < -0.3 is 15.3 Å². The molecule has 5 nitrogen and oxygen atoms in total. The first kappa shape index (κ1) is 13.2. The number of aliphatic carboxylic acids is 1. The van der Waals surface area contributed by atoms with E-state index in [2.05, 4.69) is 12.2 Å². The first-order valence-electron chi connectivity index (χ1n) is 6.88. The summed E-state index contributed by atoms with van der Waals surface area (Å²) in [6.45, 7) is 3.64. The number of hydrogen-bond acceptors (Lipinski definition) is 2. The Balaban J connectivity index is 1.82. The van der Waals surface area contributed by atoms with Crippen LogP contribution in [0.5, 0.6) is 0 Å². The van der Waals surface area contributed by atoms with Crippen LogP contribution in [0.4, 0.5) is 4.79 Å². The van der Waals surface area contributed by atoms with Gasteiger partial charge in [-0.05, 0) is 24.7 Å². The van der Waals surface area contributed by atoms with Gasteiger partial charge in [0.05, 0.1) is 0 Å². The molecule has 2 amide bonds. The molecule has 102 valence electrons. The van der Waals surface area contributed by atoms with Gasteiger partial charge in [-0.15, -0.1) is 0 Å². The zero-order valence-electron chi connectivity index (χ0n) is 10.9. The fraction of sp³-hybridized carbons (Fsp3) is 0.846. The van der Waals surface area contributed by atoms with Crippen LogP contribution < -0.4 is 5.32 Å². The molecule has 1 saturated carbocycles. The molecular formula is C13H22N2O3. The maximum atomic E-state index is 12.0. The minimum absolute atomic E-state index is 0.209. The van der Waals surface area contributed by atoms with Crippen molar-refractivity contribution < 1.29 is 14.7 Å². The van der Waals surface area contributed by atoms with Gasteiger partial charge in [0.2, 0.25) is 0 Å². The van der Waals surface area contributed by atoms with Crippen LogP contribution in [-0.4, -0.2) is 41.1 Å². The van der Waals surface area contributed by atoms with Crippen LogP contribution in [0.1, 0.15) is 39.0 Å². The van der Waals surface area contributed by atoms with E-state index in [0.29, 0.717) is 18.3 Å². The maximum absolute atomic E-state index is 12.0. The maximum Gasteiger partial charge on any atom is 0.326 e. The zero-order chi connectivity index (χ0) is 13.1. The molecule has 5 heteroatoms. The van der Waals surface area contributed by atoms with Crippen LogP contribution in [0, 0.1) is 11.8 Å². The molecule has 0 aromatic heterocycles. The predicted octanol–water partition coefficient (Wildman–Crippen LogP) is 1.68. The third-order valence-electron chi connectivity index (χ3n) is 4.01. The third-order valence-corrected chi connectivity index (χ3v) is 4.01. The molecule has 2 rings (SSSR count). The molecule has 0 spiro atoms. The lowest BCUT2D eigenvalue weighted by Gasteiger charge is -2.21. The average Bonchev–Trinajstić information content (AvgIpc) is 3.02. The quantitative estimate of drug-likeness (QED) is 0.784. The number of nitrogens with zero attached hydrogens (tertiary/aromatic N) is 1. The highest BCUT2D eigenvalue weighted by atomic mass is 16.4. The average molecular weight is 254 g/mol. The Morgan fingerprint density at radius 1 is 1.33 bits per heavy atom. The monoisotopic (exact) mass is 254 g/mol. The number of nitrogens with one attached hydrogen (secondary N) is 1. The van der Waals surface area contributed by atoms with Crippen LogP contribution >= 0.6 is 0 Å². The molecule has 1 heterocycles. The molecule has 1 unspecified atom stereocenters. The lowest BCUT2D eigenvalue weighted by Crippen LogP contribution is -2.47. The van der Waals surface area contributed by atoms with E-state index in [-0.39, 0.29) is 6.03 Å². The van der Waals surface area contributed by atoms with E-state index in [1.54, 1.807) is 4.90 Å². The number of carbonyl (C=O) groups is 2. The van der Waals surface area contributed by atoms with Crippen molar-refractivity contribution in [2.45, 2.75) is 45.1 Å². The van der Waals surface area contributed by atoms with Crippen molar-refractivity contribution in [2.24, 2.45) is 11.8 Å². The van der Waals surface area contributed by atoms with Gasteiger partial charge in [0.1, 0.15) is 6.04 Å². The van der Waals surface area contributed by atoms with Crippen molar-refractivity contribution in [3.05, 3.63) is 0 Å². The van der Waals surface area contributed by atoms with Crippen molar-refractivity contribution >= 4 is 12.0 Å². The van der Waals surface area contributed by atoms with Crippen molar-refractivity contribution in [1.29, 1.82) is 0 Å². The second kappa shape index (κ2) is 5.59. The second-order valence-electron chi connectivity index (χ2n) is 5.53. The summed E-state index contributed by atoms with van der Waals surface area (Å²) in [5.41, 5.74) is 0. The number of carboxylic acid groups (broad SMARTS) is 1. The summed E-state index contributed by atoms with van der Waals surface area (Å²) in [7, 11) is 0. The Hall–Kier alpha value is -1.26. The molecule has 0 aromatic rings. The molecule has 1 aliphatic heterocycles. The Bertz CT molecular complexity index is 328. The highest BCUT2D eigenvalue weighted by molar-refractivity contribution is 5.82. The first-order valence-corrected chi connectivity index (χ1v) is 6.88. The van der Waals surface area contributed by atoms with E-state index >= 15 is 0 Å². The van der Waals surface area contributed by atoms with Gasteiger partial charge in [-0.1, -0.05) is 26.2 Å². The summed E-state index contributed by atoms with van der Waals surface area (Å²) in [6, 6.07) is -0.926. The summed E-state index contributed by atoms with van der Waals surface area (Å²) in [5.74, 6) is 0.150. The normalized spacial score (nSPS) is 24.9. The van der Waals surface area contributed by atoms with Gasteiger partial charge in [-0.25, -0.2) is 9.59 Å². The molecule has 0 bridgehead atoms. The number of carbonyl (C=O) groups excluding carboxylic acids is 1. The third kappa shape index (κ3) is 3.37. The van der Waals surface area contributed by atoms with Gasteiger partial charge in [0, 0.05) is 13.1 Å². The van der Waals surface area contributed by atoms with Gasteiger partial charge in [-0.2, -0.15) is 0 Å². The number of hydrogen-bond donors (Lipinski definition) is 2. The fourth-order valence-electron chi connectivity index (χ4n) is 2.50. The molecule has 2 aliphatic rings. The number of rotatable bonds is 5. The van der Waals surface area contributed by atoms with Gasteiger partial charge >= 0.3 is 12.0 Å². The van der Waals surface area contributed by atoms with E-state index in [4.69, 9.17) is 5.11 Å². The number of likely N-dealkylation sites (tertiary alicyclic amines) is 1. The Morgan fingerprint density at radius 3 is 2.56 bits per heavy atom. The summed E-state index contributed by atoms with van der Waals surface area (Å²) in [6.07, 6.45) is 4.88. The van der Waals surface area contributed by atoms with Crippen LogP contribution in [0.3, 0.4) is 0 Å². The Labute approximate surface area is 108 Å². The molecule has 2 N–H and O–H groups in total. The summed E-state index contributed by atoms with van der Waals surface area (Å²) < 4.78 is 0. The molecule has 1 saturated heterocycles. The topological polar surface area (TPSA) is 69.6 Å². The predicted molar refractivity (Wildman–Crippen MR) is 67.3 cm³/mol. The highest BCUT2D eigenvalue weighted by Crippen LogP contribution is 2.33. The number of amides is 2. The van der Waals surface area contributed by atoms with Crippen molar-refractivity contribution in [1.82, 2.24) is 10.2 Å².